The van der Waals surface area contributed by atoms with Gasteiger partial charge in [-0.25, -0.2) is 27.9 Å². The zero-order valence-electron chi connectivity index (χ0n) is 20.3. The molecule has 3 aromatic rings. The molecule has 2 aromatic carbocycles. The fourth-order valence-corrected chi connectivity index (χ4v) is 4.68. The zero-order valence-corrected chi connectivity index (χ0v) is 21.1. The number of anilines is 2. The van der Waals surface area contributed by atoms with Gasteiger partial charge in [0.05, 0.1) is 10.6 Å². The van der Waals surface area contributed by atoms with Crippen LogP contribution in [0.1, 0.15) is 24.0 Å². The Kier molecular flexibility index (Phi) is 7.58. The molecule has 5 amide bonds. The summed E-state index contributed by atoms with van der Waals surface area (Å²) < 4.78 is 61.6. The molecule has 0 spiro atoms. The maximum atomic E-state index is 13.1. The molecule has 1 aliphatic heterocycles. The summed E-state index contributed by atoms with van der Waals surface area (Å²) in [5.74, 6) is -1.07. The van der Waals surface area contributed by atoms with E-state index in [1.807, 2.05) is 30.3 Å². The molecular weight excluding hydrogens is 539 g/mol. The first-order valence-electron chi connectivity index (χ1n) is 11.5. The first-order valence-corrected chi connectivity index (χ1v) is 13.0. The van der Waals surface area contributed by atoms with Gasteiger partial charge in [-0.15, -0.1) is 0 Å². The SMILES string of the molecule is CC(c1ccnc(NC(=O)NCc2ccccc2)c1)C1NC(=O)N(c2ccc(S(=O)(=O)C(F)(F)F)cc2)C1=O. The molecule has 0 bridgehead atoms. The van der Waals surface area contributed by atoms with Gasteiger partial charge in [0.15, 0.2) is 0 Å². The lowest BCUT2D eigenvalue weighted by atomic mass is 9.94. The molecule has 1 aromatic heterocycles. The summed E-state index contributed by atoms with van der Waals surface area (Å²) in [6, 6.07) is 13.3. The van der Waals surface area contributed by atoms with E-state index >= 15 is 0 Å². The lowest BCUT2D eigenvalue weighted by Crippen LogP contribution is -2.35. The third-order valence-corrected chi connectivity index (χ3v) is 7.53. The van der Waals surface area contributed by atoms with E-state index in [1.54, 1.807) is 19.1 Å². The van der Waals surface area contributed by atoms with E-state index in [0.29, 0.717) is 24.2 Å². The molecule has 1 fully saturated rings. The summed E-state index contributed by atoms with van der Waals surface area (Å²) in [6.45, 7) is 1.96. The quantitative estimate of drug-likeness (QED) is 0.374. The molecule has 4 rings (SSSR count). The van der Waals surface area contributed by atoms with Gasteiger partial charge in [0.1, 0.15) is 11.9 Å². The number of urea groups is 2. The second kappa shape index (κ2) is 10.7. The number of alkyl halides is 3. The summed E-state index contributed by atoms with van der Waals surface area (Å²) in [5, 5.41) is 7.85. The number of nitrogens with zero attached hydrogens (tertiary/aromatic N) is 2. The molecule has 3 N–H and O–H groups in total. The molecule has 204 valence electrons. The number of rotatable bonds is 7. The van der Waals surface area contributed by atoms with Gasteiger partial charge in [-0.3, -0.25) is 10.1 Å². The molecule has 39 heavy (non-hydrogen) atoms. The third-order valence-electron chi connectivity index (χ3n) is 6.03. The molecular formula is C25H22F3N5O5S. The number of carbonyl (C=O) groups is 3. The zero-order chi connectivity index (χ0) is 28.4. The van der Waals surface area contributed by atoms with Crippen molar-refractivity contribution in [2.45, 2.75) is 35.8 Å². The molecule has 2 unspecified atom stereocenters. The van der Waals surface area contributed by atoms with Crippen LogP contribution >= 0.6 is 0 Å². The minimum absolute atomic E-state index is 0.0968. The number of halogens is 3. The molecule has 1 aliphatic rings. The largest absolute Gasteiger partial charge is 0.501 e. The number of amides is 5. The summed E-state index contributed by atoms with van der Waals surface area (Å²) in [5.41, 5.74) is -4.12. The average molecular weight is 562 g/mol. The first-order chi connectivity index (χ1) is 18.4. The van der Waals surface area contributed by atoms with E-state index < -0.39 is 50.2 Å². The predicted octanol–water partition coefficient (Wildman–Crippen LogP) is 3.93. The molecule has 0 radical (unpaired) electrons. The minimum atomic E-state index is -5.58. The van der Waals surface area contributed by atoms with Crippen LogP contribution < -0.4 is 20.9 Å². The number of pyridine rings is 1. The van der Waals surface area contributed by atoms with E-state index in [1.165, 1.54) is 6.20 Å². The smallest absolute Gasteiger partial charge is 0.334 e. The van der Waals surface area contributed by atoms with Crippen LogP contribution in [0, 0.1) is 0 Å². The number of hydrogen-bond donors (Lipinski definition) is 3. The van der Waals surface area contributed by atoms with Crippen LogP contribution in [0.4, 0.5) is 34.3 Å². The molecule has 0 aliphatic carbocycles. The van der Waals surface area contributed by atoms with Crippen molar-refractivity contribution in [3.63, 3.8) is 0 Å². The van der Waals surface area contributed by atoms with E-state index in [0.717, 1.165) is 22.6 Å². The van der Waals surface area contributed by atoms with Gasteiger partial charge in [0.25, 0.3) is 15.7 Å². The fourth-order valence-electron chi connectivity index (χ4n) is 3.92. The number of carbonyl (C=O) groups excluding carboxylic acids is 3. The van der Waals surface area contributed by atoms with E-state index in [-0.39, 0.29) is 11.5 Å². The normalized spacial score (nSPS) is 16.5. The number of hydrogen-bond acceptors (Lipinski definition) is 6. The Hall–Kier alpha value is -4.46. The van der Waals surface area contributed by atoms with Crippen molar-refractivity contribution in [3.05, 3.63) is 84.1 Å². The highest BCUT2D eigenvalue weighted by molar-refractivity contribution is 7.92. The lowest BCUT2D eigenvalue weighted by Gasteiger charge is -2.19. The van der Waals surface area contributed by atoms with Crippen LogP contribution in [-0.4, -0.2) is 42.9 Å². The second-order valence-electron chi connectivity index (χ2n) is 8.60. The van der Waals surface area contributed by atoms with Crippen molar-refractivity contribution < 1.29 is 36.0 Å². The molecule has 10 nitrogen and oxygen atoms in total. The van der Waals surface area contributed by atoms with Crippen molar-refractivity contribution in [1.82, 2.24) is 15.6 Å². The predicted molar refractivity (Wildman–Crippen MR) is 134 cm³/mol. The van der Waals surface area contributed by atoms with Crippen LogP contribution in [0.25, 0.3) is 0 Å². The fraction of sp³-hybridized carbons (Fsp3) is 0.200. The van der Waals surface area contributed by atoms with Gasteiger partial charge in [0, 0.05) is 18.7 Å². The van der Waals surface area contributed by atoms with Gasteiger partial charge in [-0.05, 0) is 47.5 Å². The van der Waals surface area contributed by atoms with Crippen molar-refractivity contribution >= 4 is 39.3 Å². The number of imide groups is 1. The molecule has 0 saturated carbocycles. The summed E-state index contributed by atoms with van der Waals surface area (Å²) in [4.78, 5) is 41.8. The maximum absolute atomic E-state index is 13.1. The Morgan fingerprint density at radius 1 is 1.08 bits per heavy atom. The highest BCUT2D eigenvalue weighted by Gasteiger charge is 2.47. The van der Waals surface area contributed by atoms with Gasteiger partial charge in [-0.1, -0.05) is 37.3 Å². The van der Waals surface area contributed by atoms with E-state index in [9.17, 15) is 36.0 Å². The standard InChI is InChI=1S/C25H22F3N5O5S/c1-15(17-11-12-29-20(13-17)31-23(35)30-14-16-5-3-2-4-6-16)21-22(34)33(24(36)32-21)18-7-9-19(10-8-18)39(37,38)25(26,27)28/h2-13,15,21H,14H2,1H3,(H,32,36)(H2,29,30,31,35). The van der Waals surface area contributed by atoms with Crippen LogP contribution in [0.15, 0.2) is 77.8 Å². The van der Waals surface area contributed by atoms with Gasteiger partial charge in [-0.2, -0.15) is 13.2 Å². The maximum Gasteiger partial charge on any atom is 0.501 e. The summed E-state index contributed by atoms with van der Waals surface area (Å²) in [6.07, 6.45) is 1.43. The van der Waals surface area contributed by atoms with Crippen molar-refractivity contribution in [1.29, 1.82) is 0 Å². The van der Waals surface area contributed by atoms with E-state index in [4.69, 9.17) is 0 Å². The highest BCUT2D eigenvalue weighted by Crippen LogP contribution is 2.33. The molecule has 14 heteroatoms. The first kappa shape index (κ1) is 27.6. The Morgan fingerprint density at radius 3 is 2.38 bits per heavy atom. The number of benzene rings is 2. The Balaban J connectivity index is 1.44. The summed E-state index contributed by atoms with van der Waals surface area (Å²) in [7, 11) is -5.58. The van der Waals surface area contributed by atoms with Gasteiger partial charge in [0.2, 0.25) is 0 Å². The second-order valence-corrected chi connectivity index (χ2v) is 10.5. The van der Waals surface area contributed by atoms with Crippen molar-refractivity contribution in [3.8, 4) is 0 Å². The van der Waals surface area contributed by atoms with Crippen LogP contribution in [0.2, 0.25) is 0 Å². The van der Waals surface area contributed by atoms with Crippen molar-refractivity contribution in [2.75, 3.05) is 10.2 Å². The molecule has 2 atom stereocenters. The highest BCUT2D eigenvalue weighted by atomic mass is 32.2. The molecule has 1 saturated heterocycles. The monoisotopic (exact) mass is 561 g/mol. The van der Waals surface area contributed by atoms with Gasteiger partial charge >= 0.3 is 17.6 Å². The Morgan fingerprint density at radius 2 is 1.74 bits per heavy atom. The topological polar surface area (TPSA) is 138 Å². The van der Waals surface area contributed by atoms with Crippen LogP contribution in [0.5, 0.6) is 0 Å². The van der Waals surface area contributed by atoms with Crippen LogP contribution in [0.3, 0.4) is 0 Å². The number of aromatic nitrogens is 1. The lowest BCUT2D eigenvalue weighted by molar-refractivity contribution is -0.118. The van der Waals surface area contributed by atoms with E-state index in [2.05, 4.69) is 20.9 Å². The van der Waals surface area contributed by atoms with Crippen molar-refractivity contribution in [2.24, 2.45) is 0 Å². The average Bonchev–Trinajstić information content (AvgIpc) is 3.20. The Bertz CT molecular complexity index is 1500. The number of nitrogens with one attached hydrogen (secondary N) is 3. The van der Waals surface area contributed by atoms with Gasteiger partial charge < -0.3 is 10.6 Å². The number of sulfone groups is 1. The summed E-state index contributed by atoms with van der Waals surface area (Å²) >= 11 is 0. The van der Waals surface area contributed by atoms with Crippen LogP contribution in [-0.2, 0) is 21.2 Å². The Labute approximate surface area is 221 Å². The molecule has 2 heterocycles. The minimum Gasteiger partial charge on any atom is -0.334 e. The third kappa shape index (κ3) is 5.85.